The Morgan fingerprint density at radius 2 is 1.75 bits per heavy atom. The number of anilines is 1. The topological polar surface area (TPSA) is 33.5 Å². The molecule has 2 aromatic carbocycles. The highest BCUT2D eigenvalue weighted by atomic mass is 35.5. The first-order valence-corrected chi connectivity index (χ1v) is 8.71. The highest BCUT2D eigenvalue weighted by molar-refractivity contribution is 6.39. The van der Waals surface area contributed by atoms with Crippen molar-refractivity contribution in [1.82, 2.24) is 0 Å². The van der Waals surface area contributed by atoms with Gasteiger partial charge in [0.2, 0.25) is 0 Å². The Morgan fingerprint density at radius 3 is 2.38 bits per heavy atom. The van der Waals surface area contributed by atoms with Gasteiger partial charge in [0.05, 0.1) is 28.8 Å². The lowest BCUT2D eigenvalue weighted by atomic mass is 10.00. The number of amides is 1. The smallest absolute Gasteiger partial charge is 0.279 e. The number of halogens is 2. The molecule has 0 saturated carbocycles. The fourth-order valence-electron chi connectivity index (χ4n) is 2.89. The lowest BCUT2D eigenvalue weighted by Crippen LogP contribution is -3.13. The number of carbonyl (C=O) groups is 1. The molecule has 0 fully saturated rings. The highest BCUT2D eigenvalue weighted by Gasteiger charge is 2.20. The van der Waals surface area contributed by atoms with Crippen molar-refractivity contribution in [3.63, 3.8) is 0 Å². The molecule has 1 atom stereocenters. The minimum atomic E-state index is -0.0726. The minimum absolute atomic E-state index is 0.0726. The number of hydrogen-bond acceptors (Lipinski definition) is 1. The van der Waals surface area contributed by atoms with E-state index in [-0.39, 0.29) is 5.91 Å². The summed E-state index contributed by atoms with van der Waals surface area (Å²) in [6, 6.07) is 15.6. The fraction of sp³-hybridized carbons (Fsp3) is 0.211. The third-order valence-corrected chi connectivity index (χ3v) is 4.80. The zero-order valence-electron chi connectivity index (χ0n) is 13.2. The van der Waals surface area contributed by atoms with Crippen LogP contribution in [0.3, 0.4) is 0 Å². The molecular weight excluding hydrogens is 343 g/mol. The third-order valence-electron chi connectivity index (χ3n) is 4.17. The monoisotopic (exact) mass is 361 g/mol. The predicted octanol–water partition coefficient (Wildman–Crippen LogP) is 3.30. The van der Waals surface area contributed by atoms with E-state index in [2.05, 4.69) is 35.7 Å². The Labute approximate surface area is 151 Å². The molecule has 2 N–H and O–H groups in total. The van der Waals surface area contributed by atoms with Crippen molar-refractivity contribution in [2.24, 2.45) is 0 Å². The first-order valence-electron chi connectivity index (χ1n) is 7.95. The zero-order valence-corrected chi connectivity index (χ0v) is 14.7. The van der Waals surface area contributed by atoms with Crippen LogP contribution < -0.4 is 10.2 Å². The zero-order chi connectivity index (χ0) is 16.9. The van der Waals surface area contributed by atoms with Gasteiger partial charge in [0, 0.05) is 6.42 Å². The first-order chi connectivity index (χ1) is 11.6. The molecule has 0 spiro atoms. The number of quaternary nitrogens is 1. The molecule has 0 aliphatic carbocycles. The van der Waals surface area contributed by atoms with Crippen molar-refractivity contribution in [2.45, 2.75) is 6.42 Å². The van der Waals surface area contributed by atoms with Crippen LogP contribution in [0.25, 0.3) is 5.57 Å². The molecule has 1 unspecified atom stereocenters. The van der Waals surface area contributed by atoms with Gasteiger partial charge in [-0.1, -0.05) is 59.6 Å². The maximum absolute atomic E-state index is 12.3. The molecule has 1 aliphatic rings. The van der Waals surface area contributed by atoms with E-state index in [0.29, 0.717) is 22.3 Å². The second-order valence-electron chi connectivity index (χ2n) is 5.87. The molecule has 24 heavy (non-hydrogen) atoms. The Hall–Kier alpha value is -1.81. The van der Waals surface area contributed by atoms with Gasteiger partial charge in [-0.2, -0.15) is 0 Å². The van der Waals surface area contributed by atoms with Crippen molar-refractivity contribution >= 4 is 40.4 Å². The van der Waals surface area contributed by atoms with Crippen LogP contribution in [0, 0.1) is 0 Å². The number of nitrogens with one attached hydrogen (secondary N) is 2. The van der Waals surface area contributed by atoms with Crippen molar-refractivity contribution in [3.05, 3.63) is 70.2 Å². The molecule has 124 valence electrons. The summed E-state index contributed by atoms with van der Waals surface area (Å²) in [4.78, 5) is 13.5. The Morgan fingerprint density at radius 1 is 1.04 bits per heavy atom. The van der Waals surface area contributed by atoms with Crippen molar-refractivity contribution < 1.29 is 9.69 Å². The minimum Gasteiger partial charge on any atom is -0.324 e. The normalized spacial score (nSPS) is 17.2. The molecule has 0 bridgehead atoms. The van der Waals surface area contributed by atoms with Gasteiger partial charge in [-0.15, -0.1) is 0 Å². The largest absolute Gasteiger partial charge is 0.324 e. The highest BCUT2D eigenvalue weighted by Crippen LogP contribution is 2.29. The van der Waals surface area contributed by atoms with E-state index in [1.807, 2.05) is 6.07 Å². The van der Waals surface area contributed by atoms with E-state index in [4.69, 9.17) is 23.2 Å². The quantitative estimate of drug-likeness (QED) is 0.860. The molecule has 3 rings (SSSR count). The Kier molecular flexibility index (Phi) is 5.56. The molecule has 0 aromatic heterocycles. The van der Waals surface area contributed by atoms with Gasteiger partial charge in [0.25, 0.3) is 5.91 Å². The molecular formula is C19H19Cl2N2O+. The summed E-state index contributed by atoms with van der Waals surface area (Å²) in [5, 5.41) is 3.73. The summed E-state index contributed by atoms with van der Waals surface area (Å²) < 4.78 is 0. The second-order valence-corrected chi connectivity index (χ2v) is 6.69. The summed E-state index contributed by atoms with van der Waals surface area (Å²) in [7, 11) is 0. The summed E-state index contributed by atoms with van der Waals surface area (Å²) in [6.07, 6.45) is 3.20. The van der Waals surface area contributed by atoms with Crippen LogP contribution in [-0.4, -0.2) is 25.5 Å². The second kappa shape index (κ2) is 7.84. The van der Waals surface area contributed by atoms with E-state index in [1.54, 1.807) is 18.2 Å². The average Bonchev–Trinajstić information content (AvgIpc) is 2.60. The van der Waals surface area contributed by atoms with E-state index >= 15 is 0 Å². The molecule has 1 amide bonds. The molecule has 0 radical (unpaired) electrons. The molecule has 3 nitrogen and oxygen atoms in total. The van der Waals surface area contributed by atoms with Crippen LogP contribution in [0.4, 0.5) is 5.69 Å². The van der Waals surface area contributed by atoms with E-state index < -0.39 is 0 Å². The van der Waals surface area contributed by atoms with Gasteiger partial charge in [0.1, 0.15) is 0 Å². The third kappa shape index (κ3) is 4.18. The fourth-order valence-corrected chi connectivity index (χ4v) is 3.38. The van der Waals surface area contributed by atoms with Crippen LogP contribution in [0.5, 0.6) is 0 Å². The molecule has 2 aromatic rings. The van der Waals surface area contributed by atoms with Crippen molar-refractivity contribution in [3.8, 4) is 0 Å². The lowest BCUT2D eigenvalue weighted by Gasteiger charge is -2.23. The Balaban J connectivity index is 1.58. The number of benzene rings is 2. The van der Waals surface area contributed by atoms with Crippen LogP contribution in [0.2, 0.25) is 10.0 Å². The van der Waals surface area contributed by atoms with Gasteiger partial charge in [-0.3, -0.25) is 4.79 Å². The van der Waals surface area contributed by atoms with Crippen molar-refractivity contribution in [1.29, 1.82) is 0 Å². The van der Waals surface area contributed by atoms with E-state index in [0.717, 1.165) is 19.5 Å². The summed E-state index contributed by atoms with van der Waals surface area (Å²) in [5.74, 6) is -0.0726. The predicted molar refractivity (Wildman–Crippen MR) is 99.7 cm³/mol. The van der Waals surface area contributed by atoms with Crippen LogP contribution in [0.15, 0.2) is 54.6 Å². The summed E-state index contributed by atoms with van der Waals surface area (Å²) in [6.45, 7) is 2.18. The molecule has 1 heterocycles. The van der Waals surface area contributed by atoms with E-state index in [1.165, 1.54) is 16.0 Å². The number of rotatable bonds is 4. The molecule has 1 aliphatic heterocycles. The van der Waals surface area contributed by atoms with Gasteiger partial charge in [-0.25, -0.2) is 0 Å². The number of carbonyl (C=O) groups excluding carboxylic acids is 1. The first kappa shape index (κ1) is 17.0. The van der Waals surface area contributed by atoms with Gasteiger partial charge >= 0.3 is 0 Å². The maximum Gasteiger partial charge on any atom is 0.279 e. The number of para-hydroxylation sites is 1. The summed E-state index contributed by atoms with van der Waals surface area (Å²) in [5.41, 5.74) is 3.11. The average molecular weight is 362 g/mol. The van der Waals surface area contributed by atoms with Gasteiger partial charge in [-0.05, 0) is 29.3 Å². The lowest BCUT2D eigenvalue weighted by molar-refractivity contribution is -0.886. The van der Waals surface area contributed by atoms with Crippen LogP contribution in [0.1, 0.15) is 12.0 Å². The van der Waals surface area contributed by atoms with Crippen molar-refractivity contribution in [2.75, 3.05) is 25.0 Å². The standard InChI is InChI=1S/C19H18Cl2N2O/c20-16-7-4-8-17(21)19(16)22-18(24)13-23-11-9-15(10-12-23)14-5-2-1-3-6-14/h1-9H,10-13H2,(H,22,24)/p+1. The number of hydrogen-bond donors (Lipinski definition) is 2. The van der Waals surface area contributed by atoms with Gasteiger partial charge in [0.15, 0.2) is 6.54 Å². The Bertz CT molecular complexity index is 739. The molecule has 0 saturated heterocycles. The molecule has 5 heteroatoms. The maximum atomic E-state index is 12.3. The van der Waals surface area contributed by atoms with Gasteiger partial charge < -0.3 is 10.2 Å². The van der Waals surface area contributed by atoms with Crippen LogP contribution >= 0.6 is 23.2 Å². The van der Waals surface area contributed by atoms with E-state index in [9.17, 15) is 4.79 Å². The summed E-state index contributed by atoms with van der Waals surface area (Å²) >= 11 is 12.2. The van der Waals surface area contributed by atoms with Crippen LogP contribution in [-0.2, 0) is 4.79 Å². The SMILES string of the molecule is O=C(C[NH+]1CC=C(c2ccccc2)CC1)Nc1c(Cl)cccc1Cl.